The van der Waals surface area contributed by atoms with Gasteiger partial charge in [0, 0.05) is 29.3 Å². The van der Waals surface area contributed by atoms with Crippen molar-refractivity contribution in [2.24, 2.45) is 0 Å². The van der Waals surface area contributed by atoms with Crippen LogP contribution in [0.1, 0.15) is 39.7 Å². The Morgan fingerprint density at radius 2 is 1.90 bits per heavy atom. The second-order valence-electron chi connectivity index (χ2n) is 6.84. The number of nitrogens with zero attached hydrogens (tertiary/aromatic N) is 1. The second kappa shape index (κ2) is 8.61. The minimum atomic E-state index is -0.439. The van der Waals surface area contributed by atoms with Gasteiger partial charge in [0.15, 0.2) is 0 Å². The van der Waals surface area contributed by atoms with E-state index < -0.39 is 5.97 Å². The van der Waals surface area contributed by atoms with Gasteiger partial charge in [-0.3, -0.25) is 9.59 Å². The summed E-state index contributed by atoms with van der Waals surface area (Å²) in [5.41, 5.74) is 2.80. The number of nitrogens with one attached hydrogen (secondary N) is 1. The van der Waals surface area contributed by atoms with E-state index in [9.17, 15) is 14.4 Å². The van der Waals surface area contributed by atoms with Crippen LogP contribution in [0.3, 0.4) is 0 Å². The number of carbonyl (C=O) groups excluding carboxylic acids is 2. The van der Waals surface area contributed by atoms with E-state index in [1.165, 1.54) is 11.3 Å². The molecule has 152 valence electrons. The Morgan fingerprint density at radius 3 is 2.62 bits per heavy atom. The Balaban J connectivity index is 1.80. The van der Waals surface area contributed by atoms with E-state index in [0.717, 1.165) is 26.9 Å². The molecule has 0 spiro atoms. The van der Waals surface area contributed by atoms with Crippen molar-refractivity contribution < 1.29 is 14.3 Å². The van der Waals surface area contributed by atoms with Crippen LogP contribution in [0, 0.1) is 20.8 Å². The summed E-state index contributed by atoms with van der Waals surface area (Å²) in [5.74, 6) is -0.696. The lowest BCUT2D eigenvalue weighted by Crippen LogP contribution is -2.23. The van der Waals surface area contributed by atoms with Gasteiger partial charge in [-0.2, -0.15) is 0 Å². The third-order valence-corrected chi connectivity index (χ3v) is 6.03. The number of aromatic nitrogens is 1. The molecule has 0 saturated carbocycles. The van der Waals surface area contributed by atoms with Crippen molar-refractivity contribution >= 4 is 39.1 Å². The number of rotatable bonds is 6. The Hall–Kier alpha value is -2.93. The number of esters is 1. The highest BCUT2D eigenvalue weighted by atomic mass is 32.1. The van der Waals surface area contributed by atoms with Crippen molar-refractivity contribution in [3.05, 3.63) is 62.3 Å². The minimum Gasteiger partial charge on any atom is -0.462 e. The van der Waals surface area contributed by atoms with Crippen molar-refractivity contribution in [2.45, 2.75) is 40.7 Å². The molecule has 3 rings (SSSR count). The fourth-order valence-corrected chi connectivity index (χ4v) is 4.36. The van der Waals surface area contributed by atoms with Crippen molar-refractivity contribution in [1.29, 1.82) is 0 Å². The highest BCUT2D eigenvalue weighted by Gasteiger charge is 2.22. The molecule has 29 heavy (non-hydrogen) atoms. The third-order valence-electron chi connectivity index (χ3n) is 4.91. The maximum atomic E-state index is 12.6. The Labute approximate surface area is 173 Å². The van der Waals surface area contributed by atoms with Crippen LogP contribution in [0.5, 0.6) is 0 Å². The molecular formula is C22H24N2O4S. The first-order chi connectivity index (χ1) is 13.8. The van der Waals surface area contributed by atoms with Gasteiger partial charge in [-0.1, -0.05) is 18.2 Å². The first-order valence-electron chi connectivity index (χ1n) is 9.49. The van der Waals surface area contributed by atoms with E-state index in [0.29, 0.717) is 10.6 Å². The first-order valence-corrected chi connectivity index (χ1v) is 10.3. The number of ether oxygens (including phenoxy) is 1. The lowest BCUT2D eigenvalue weighted by molar-refractivity contribution is -0.116. The molecule has 1 aromatic carbocycles. The number of fused-ring (bicyclic) bond motifs is 1. The number of aryl methyl sites for hydroxylation is 3. The molecule has 6 nitrogen and oxygen atoms in total. The van der Waals surface area contributed by atoms with Crippen LogP contribution in [-0.2, 0) is 16.1 Å². The molecular weight excluding hydrogens is 388 g/mol. The summed E-state index contributed by atoms with van der Waals surface area (Å²) in [6, 6.07) is 9.23. The number of thiophene rings is 1. The zero-order chi connectivity index (χ0) is 21.1. The van der Waals surface area contributed by atoms with Crippen LogP contribution < -0.4 is 10.9 Å². The van der Waals surface area contributed by atoms with Crippen LogP contribution in [0.4, 0.5) is 5.00 Å². The molecule has 0 bridgehead atoms. The summed E-state index contributed by atoms with van der Waals surface area (Å²) in [4.78, 5) is 38.3. The summed E-state index contributed by atoms with van der Waals surface area (Å²) < 4.78 is 6.73. The molecule has 0 atom stereocenters. The molecule has 0 fully saturated rings. The highest BCUT2D eigenvalue weighted by Crippen LogP contribution is 2.33. The van der Waals surface area contributed by atoms with Gasteiger partial charge in [-0.15, -0.1) is 11.3 Å². The van der Waals surface area contributed by atoms with Crippen LogP contribution in [0.2, 0.25) is 0 Å². The lowest BCUT2D eigenvalue weighted by Gasteiger charge is -2.12. The summed E-state index contributed by atoms with van der Waals surface area (Å²) >= 11 is 1.35. The van der Waals surface area contributed by atoms with Crippen molar-refractivity contribution in [2.75, 3.05) is 11.9 Å². The summed E-state index contributed by atoms with van der Waals surface area (Å²) in [6.45, 7) is 7.91. The fraction of sp³-hybridized carbons (Fsp3) is 0.318. The molecule has 0 saturated heterocycles. The lowest BCUT2D eigenvalue weighted by atomic mass is 10.1. The second-order valence-corrected chi connectivity index (χ2v) is 8.07. The predicted octanol–water partition coefficient (Wildman–Crippen LogP) is 4.19. The average Bonchev–Trinajstić information content (AvgIpc) is 2.95. The molecule has 1 N–H and O–H groups in total. The zero-order valence-corrected chi connectivity index (χ0v) is 17.8. The number of carbonyl (C=O) groups is 2. The number of benzene rings is 1. The zero-order valence-electron chi connectivity index (χ0n) is 17.0. The maximum Gasteiger partial charge on any atom is 0.341 e. The standard InChI is InChI=1S/C22H24N2O4S/c1-5-28-22(27)20-14(3)15(4)29-21(20)23-18(25)10-11-24-17-9-7-6-8-16(17)13(2)12-19(24)26/h6-9,12H,5,10-11H2,1-4H3,(H,23,25). The van der Waals surface area contributed by atoms with Gasteiger partial charge in [0.2, 0.25) is 5.91 Å². The number of amides is 1. The smallest absolute Gasteiger partial charge is 0.341 e. The van der Waals surface area contributed by atoms with E-state index in [1.807, 2.05) is 45.0 Å². The minimum absolute atomic E-state index is 0.116. The van der Waals surface area contributed by atoms with E-state index in [-0.39, 0.29) is 31.0 Å². The van der Waals surface area contributed by atoms with Crippen molar-refractivity contribution in [1.82, 2.24) is 4.57 Å². The first kappa shape index (κ1) is 20.8. The number of hydrogen-bond acceptors (Lipinski definition) is 5. The van der Waals surface area contributed by atoms with Gasteiger partial charge in [0.25, 0.3) is 5.56 Å². The summed E-state index contributed by atoms with van der Waals surface area (Å²) in [6.07, 6.45) is 0.116. The summed E-state index contributed by atoms with van der Waals surface area (Å²) in [5, 5.41) is 4.30. The van der Waals surface area contributed by atoms with Crippen molar-refractivity contribution in [3.63, 3.8) is 0 Å². The molecule has 2 aromatic heterocycles. The maximum absolute atomic E-state index is 12.6. The van der Waals surface area contributed by atoms with E-state index >= 15 is 0 Å². The van der Waals surface area contributed by atoms with E-state index in [2.05, 4.69) is 5.32 Å². The number of hydrogen-bond donors (Lipinski definition) is 1. The quantitative estimate of drug-likeness (QED) is 0.616. The number of para-hydroxylation sites is 1. The van der Waals surface area contributed by atoms with Gasteiger partial charge in [0.05, 0.1) is 17.7 Å². The largest absolute Gasteiger partial charge is 0.462 e. The highest BCUT2D eigenvalue weighted by molar-refractivity contribution is 7.16. The van der Waals surface area contributed by atoms with Gasteiger partial charge in [-0.25, -0.2) is 4.79 Å². The van der Waals surface area contributed by atoms with Gasteiger partial charge >= 0.3 is 5.97 Å². The molecule has 0 aliphatic rings. The molecule has 3 aromatic rings. The molecule has 0 radical (unpaired) electrons. The van der Waals surface area contributed by atoms with Crippen LogP contribution in [-0.4, -0.2) is 23.1 Å². The number of pyridine rings is 1. The van der Waals surface area contributed by atoms with Gasteiger partial charge in [0.1, 0.15) is 5.00 Å². The monoisotopic (exact) mass is 412 g/mol. The molecule has 0 unspecified atom stereocenters. The number of anilines is 1. The normalized spacial score (nSPS) is 10.9. The van der Waals surface area contributed by atoms with E-state index in [1.54, 1.807) is 17.6 Å². The van der Waals surface area contributed by atoms with Gasteiger partial charge < -0.3 is 14.6 Å². The third kappa shape index (κ3) is 4.24. The molecule has 1 amide bonds. The van der Waals surface area contributed by atoms with Crippen molar-refractivity contribution in [3.8, 4) is 0 Å². The Kier molecular flexibility index (Phi) is 6.17. The topological polar surface area (TPSA) is 77.4 Å². The summed E-state index contributed by atoms with van der Waals surface area (Å²) in [7, 11) is 0. The molecule has 7 heteroatoms. The van der Waals surface area contributed by atoms with E-state index in [4.69, 9.17) is 4.74 Å². The average molecular weight is 413 g/mol. The van der Waals surface area contributed by atoms with Crippen LogP contribution in [0.15, 0.2) is 35.1 Å². The SMILES string of the molecule is CCOC(=O)c1c(NC(=O)CCn2c(=O)cc(C)c3ccccc32)sc(C)c1C. The van der Waals surface area contributed by atoms with Crippen LogP contribution >= 0.6 is 11.3 Å². The Bertz CT molecular complexity index is 1140. The molecule has 0 aliphatic carbocycles. The molecule has 2 heterocycles. The fourth-order valence-electron chi connectivity index (χ4n) is 3.30. The molecule has 0 aliphatic heterocycles. The Morgan fingerprint density at radius 1 is 1.17 bits per heavy atom. The predicted molar refractivity (Wildman–Crippen MR) is 116 cm³/mol. The van der Waals surface area contributed by atoms with Crippen LogP contribution in [0.25, 0.3) is 10.9 Å². The van der Waals surface area contributed by atoms with Gasteiger partial charge in [-0.05, 0) is 44.9 Å².